The van der Waals surface area contributed by atoms with Crippen molar-refractivity contribution in [3.05, 3.63) is 0 Å². The summed E-state index contributed by atoms with van der Waals surface area (Å²) in [5, 5.41) is 0.855. The molecule has 0 bridgehead atoms. The van der Waals surface area contributed by atoms with Crippen molar-refractivity contribution < 1.29 is 9.53 Å². The van der Waals surface area contributed by atoms with Crippen LogP contribution in [0, 0.1) is 0 Å². The topological polar surface area (TPSA) is 26.3 Å². The molecule has 0 aromatic carbocycles. The van der Waals surface area contributed by atoms with Gasteiger partial charge in [-0.15, -0.1) is 0 Å². The molecule has 0 radical (unpaired) electrons. The third-order valence-corrected chi connectivity index (χ3v) is 5.88. The van der Waals surface area contributed by atoms with Crippen molar-refractivity contribution >= 4 is 31.2 Å². The van der Waals surface area contributed by atoms with E-state index in [1.807, 2.05) is 0 Å². The smallest absolute Gasteiger partial charge is 0.305 e. The summed E-state index contributed by atoms with van der Waals surface area (Å²) in [6.07, 6.45) is 16.7. The van der Waals surface area contributed by atoms with E-state index >= 15 is 0 Å². The predicted octanol–water partition coefficient (Wildman–Crippen LogP) is 6.24. The highest BCUT2D eigenvalue weighted by atomic mass is 32.1. The monoisotopic (exact) mass is 362 g/mol. The fraction of sp³-hybridized carbons (Fsp3) is 0.947. The fourth-order valence-electron chi connectivity index (χ4n) is 2.77. The molecule has 0 saturated carbocycles. The molecule has 138 valence electrons. The van der Waals surface area contributed by atoms with Crippen LogP contribution < -0.4 is 0 Å². The second-order valence-corrected chi connectivity index (χ2v) is 7.90. The molecule has 0 aliphatic carbocycles. The first-order chi connectivity index (χ1) is 11.1. The van der Waals surface area contributed by atoms with Crippen LogP contribution in [0.15, 0.2) is 0 Å². The molecule has 4 heteroatoms. The Morgan fingerprint density at radius 1 is 0.783 bits per heavy atom. The summed E-state index contributed by atoms with van der Waals surface area (Å²) in [4.78, 5) is 11.0. The Kier molecular flexibility index (Phi) is 17.1. The molecule has 0 spiro atoms. The highest BCUT2D eigenvalue weighted by Crippen LogP contribution is 2.22. The summed E-state index contributed by atoms with van der Waals surface area (Å²) >= 11 is 9.46. The minimum atomic E-state index is -0.0898. The Labute approximate surface area is 155 Å². The summed E-state index contributed by atoms with van der Waals surface area (Å²) in [7, 11) is 1.45. The summed E-state index contributed by atoms with van der Waals surface area (Å²) < 4.78 is 4.64. The maximum Gasteiger partial charge on any atom is 0.305 e. The van der Waals surface area contributed by atoms with Crippen molar-refractivity contribution in [2.75, 3.05) is 7.11 Å². The van der Waals surface area contributed by atoms with Crippen LogP contribution in [0.2, 0.25) is 0 Å². The van der Waals surface area contributed by atoms with Crippen LogP contribution in [0.5, 0.6) is 0 Å². The molecule has 0 amide bonds. The van der Waals surface area contributed by atoms with E-state index in [1.54, 1.807) is 0 Å². The standard InChI is InChI=1S/C19H38O2S2/c1-3-4-5-6-8-11-14-17(22)18(23)15-12-9-7-10-13-16-19(20)21-2/h17-18,22-23H,3-16H2,1-2H3/t17-,18+/m0/s1. The number of methoxy groups -OCH3 is 1. The highest BCUT2D eigenvalue weighted by Gasteiger charge is 2.13. The molecule has 0 aromatic rings. The molecule has 2 nitrogen and oxygen atoms in total. The van der Waals surface area contributed by atoms with Gasteiger partial charge in [-0.25, -0.2) is 0 Å². The number of ether oxygens (including phenoxy) is 1. The van der Waals surface area contributed by atoms with Crippen molar-refractivity contribution in [1.29, 1.82) is 0 Å². The number of hydrogen-bond donors (Lipinski definition) is 2. The number of esters is 1. The molecule has 0 saturated heterocycles. The second kappa shape index (κ2) is 17.0. The zero-order valence-corrected chi connectivity index (χ0v) is 17.1. The van der Waals surface area contributed by atoms with Crippen molar-refractivity contribution in [1.82, 2.24) is 0 Å². The summed E-state index contributed by atoms with van der Waals surface area (Å²) in [5.41, 5.74) is 0. The van der Waals surface area contributed by atoms with E-state index in [-0.39, 0.29) is 5.97 Å². The van der Waals surface area contributed by atoms with Crippen LogP contribution in [-0.2, 0) is 9.53 Å². The molecule has 0 aliphatic rings. The molecule has 0 aromatic heterocycles. The maximum absolute atomic E-state index is 11.0. The van der Waals surface area contributed by atoms with Crippen LogP contribution in [-0.4, -0.2) is 23.6 Å². The lowest BCUT2D eigenvalue weighted by atomic mass is 10.0. The van der Waals surface area contributed by atoms with Crippen molar-refractivity contribution in [3.8, 4) is 0 Å². The van der Waals surface area contributed by atoms with E-state index in [4.69, 9.17) is 25.3 Å². The zero-order valence-electron chi connectivity index (χ0n) is 15.3. The highest BCUT2D eigenvalue weighted by molar-refractivity contribution is 7.85. The van der Waals surface area contributed by atoms with Gasteiger partial charge >= 0.3 is 5.97 Å². The van der Waals surface area contributed by atoms with E-state index in [0.717, 1.165) is 19.3 Å². The summed E-state index contributed by atoms with van der Waals surface area (Å²) in [5.74, 6) is -0.0898. The molecule has 0 aliphatic heterocycles. The first-order valence-corrected chi connectivity index (χ1v) is 10.6. The SMILES string of the molecule is CCCCCCCC[C@H](S)[C@H](S)CCCCCCCC(=O)OC. The summed E-state index contributed by atoms with van der Waals surface area (Å²) in [6, 6.07) is 0. The minimum Gasteiger partial charge on any atom is -0.469 e. The van der Waals surface area contributed by atoms with E-state index in [9.17, 15) is 4.79 Å². The Morgan fingerprint density at radius 2 is 1.22 bits per heavy atom. The number of carbonyl (C=O) groups excluding carboxylic acids is 1. The number of unbranched alkanes of at least 4 members (excludes halogenated alkanes) is 9. The lowest BCUT2D eigenvalue weighted by molar-refractivity contribution is -0.140. The quantitative estimate of drug-likeness (QED) is 0.193. The van der Waals surface area contributed by atoms with Gasteiger partial charge in [-0.05, 0) is 19.3 Å². The van der Waals surface area contributed by atoms with Gasteiger partial charge in [0.05, 0.1) is 7.11 Å². The second-order valence-electron chi connectivity index (χ2n) is 6.57. The Bertz CT molecular complexity index is 272. The van der Waals surface area contributed by atoms with Gasteiger partial charge in [-0.1, -0.05) is 71.1 Å². The largest absolute Gasteiger partial charge is 0.469 e. The lowest BCUT2D eigenvalue weighted by Gasteiger charge is -2.18. The lowest BCUT2D eigenvalue weighted by Crippen LogP contribution is -2.15. The normalized spacial score (nSPS) is 13.7. The van der Waals surface area contributed by atoms with E-state index in [2.05, 4.69) is 11.7 Å². The van der Waals surface area contributed by atoms with Crippen molar-refractivity contribution in [2.24, 2.45) is 0 Å². The molecule has 0 rings (SSSR count). The van der Waals surface area contributed by atoms with Gasteiger partial charge in [0.2, 0.25) is 0 Å². The number of rotatable bonds is 16. The van der Waals surface area contributed by atoms with Crippen LogP contribution >= 0.6 is 25.3 Å². The van der Waals surface area contributed by atoms with E-state index < -0.39 is 0 Å². The number of hydrogen-bond acceptors (Lipinski definition) is 4. The van der Waals surface area contributed by atoms with E-state index in [1.165, 1.54) is 71.3 Å². The molecule has 0 heterocycles. The maximum atomic E-state index is 11.0. The summed E-state index contributed by atoms with van der Waals surface area (Å²) in [6.45, 7) is 2.26. The van der Waals surface area contributed by atoms with Gasteiger partial charge in [0, 0.05) is 16.9 Å². The van der Waals surface area contributed by atoms with Crippen LogP contribution in [0.25, 0.3) is 0 Å². The Hall–Kier alpha value is 0.170. The van der Waals surface area contributed by atoms with Crippen molar-refractivity contribution in [3.63, 3.8) is 0 Å². The Morgan fingerprint density at radius 3 is 1.70 bits per heavy atom. The van der Waals surface area contributed by atoms with Crippen LogP contribution in [0.3, 0.4) is 0 Å². The van der Waals surface area contributed by atoms with Crippen LogP contribution in [0.4, 0.5) is 0 Å². The van der Waals surface area contributed by atoms with Gasteiger partial charge in [0.25, 0.3) is 0 Å². The molecule has 2 atom stereocenters. The zero-order chi connectivity index (χ0) is 17.3. The third-order valence-electron chi connectivity index (χ3n) is 4.41. The fourth-order valence-corrected chi connectivity index (χ4v) is 3.44. The van der Waals surface area contributed by atoms with Gasteiger partial charge in [0.15, 0.2) is 0 Å². The molecule has 0 fully saturated rings. The molecule has 0 unspecified atom stereocenters. The minimum absolute atomic E-state index is 0.0898. The predicted molar refractivity (Wildman–Crippen MR) is 108 cm³/mol. The average Bonchev–Trinajstić information content (AvgIpc) is 2.56. The first kappa shape index (κ1) is 23.2. The van der Waals surface area contributed by atoms with Gasteiger partial charge in [0.1, 0.15) is 0 Å². The third kappa shape index (κ3) is 15.4. The van der Waals surface area contributed by atoms with Gasteiger partial charge < -0.3 is 4.74 Å². The Balaban J connectivity index is 3.40. The first-order valence-electron chi connectivity index (χ1n) is 9.54. The van der Waals surface area contributed by atoms with Gasteiger partial charge in [-0.2, -0.15) is 25.3 Å². The average molecular weight is 363 g/mol. The van der Waals surface area contributed by atoms with E-state index in [0.29, 0.717) is 16.9 Å². The number of thiol groups is 2. The number of carbonyl (C=O) groups is 1. The van der Waals surface area contributed by atoms with Gasteiger partial charge in [-0.3, -0.25) is 4.79 Å². The van der Waals surface area contributed by atoms with Crippen molar-refractivity contribution in [2.45, 2.75) is 107 Å². The molecular weight excluding hydrogens is 324 g/mol. The van der Waals surface area contributed by atoms with Crippen LogP contribution in [0.1, 0.15) is 96.8 Å². The molecule has 0 N–H and O–H groups in total. The molecule has 23 heavy (non-hydrogen) atoms. The molecular formula is C19H38O2S2.